The highest BCUT2D eigenvalue weighted by Gasteiger charge is 2.16. The number of amides is 2. The van der Waals surface area contributed by atoms with Gasteiger partial charge in [-0.05, 0) is 74.9 Å². The van der Waals surface area contributed by atoms with E-state index in [4.69, 9.17) is 4.74 Å². The molecule has 2 amide bonds. The van der Waals surface area contributed by atoms with Crippen LogP contribution in [0.3, 0.4) is 0 Å². The van der Waals surface area contributed by atoms with Gasteiger partial charge >= 0.3 is 5.97 Å². The number of benzene rings is 3. The molecule has 0 aliphatic rings. The Labute approximate surface area is 210 Å². The number of esters is 1. The lowest BCUT2D eigenvalue weighted by molar-refractivity contribution is -0.115. The molecule has 0 spiro atoms. The van der Waals surface area contributed by atoms with Gasteiger partial charge in [0.05, 0.1) is 17.4 Å². The van der Waals surface area contributed by atoms with E-state index >= 15 is 0 Å². The maximum absolute atomic E-state index is 12.7. The zero-order valence-electron chi connectivity index (χ0n) is 20.2. The molecule has 0 saturated carbocycles. The monoisotopic (exact) mass is 490 g/mol. The molecule has 2 N–H and O–H groups in total. The van der Waals surface area contributed by atoms with Gasteiger partial charge in [-0.15, -0.1) is 11.8 Å². The zero-order chi connectivity index (χ0) is 25.2. The number of nitrogens with one attached hydrogen (secondary N) is 2. The fourth-order valence-electron chi connectivity index (χ4n) is 3.14. The number of carbonyl (C=O) groups excluding carboxylic acids is 3. The Balaban J connectivity index is 1.54. The minimum Gasteiger partial charge on any atom is -0.462 e. The Morgan fingerprint density at radius 2 is 1.57 bits per heavy atom. The van der Waals surface area contributed by atoms with Crippen LogP contribution in [0.4, 0.5) is 11.4 Å². The molecule has 182 valence electrons. The summed E-state index contributed by atoms with van der Waals surface area (Å²) in [7, 11) is 0. The van der Waals surface area contributed by atoms with Crippen molar-refractivity contribution >= 4 is 40.9 Å². The molecule has 0 bridgehead atoms. The molecule has 0 saturated heterocycles. The summed E-state index contributed by atoms with van der Waals surface area (Å²) in [6.07, 6.45) is 1.79. The first-order chi connectivity index (χ1) is 16.9. The van der Waals surface area contributed by atoms with Crippen LogP contribution >= 0.6 is 11.8 Å². The predicted octanol–water partition coefficient (Wildman–Crippen LogP) is 6.32. The topological polar surface area (TPSA) is 84.5 Å². The molecule has 1 unspecified atom stereocenters. The maximum Gasteiger partial charge on any atom is 0.338 e. The van der Waals surface area contributed by atoms with E-state index in [2.05, 4.69) is 10.6 Å². The van der Waals surface area contributed by atoms with Crippen LogP contribution in [0.2, 0.25) is 0 Å². The highest BCUT2D eigenvalue weighted by molar-refractivity contribution is 8.00. The van der Waals surface area contributed by atoms with Gasteiger partial charge in [-0.2, -0.15) is 0 Å². The first kappa shape index (κ1) is 26.0. The summed E-state index contributed by atoms with van der Waals surface area (Å²) in [6.45, 7) is 6.22. The van der Waals surface area contributed by atoms with Crippen LogP contribution in [0.25, 0.3) is 0 Å². The van der Waals surface area contributed by atoms with Crippen molar-refractivity contribution in [3.63, 3.8) is 0 Å². The summed E-state index contributed by atoms with van der Waals surface area (Å²) in [5, 5.41) is 5.39. The fourth-order valence-corrected chi connectivity index (χ4v) is 4.07. The molecule has 0 aliphatic carbocycles. The van der Waals surface area contributed by atoms with Crippen molar-refractivity contribution in [3.8, 4) is 0 Å². The largest absolute Gasteiger partial charge is 0.462 e. The average molecular weight is 491 g/mol. The van der Waals surface area contributed by atoms with Crippen LogP contribution in [-0.4, -0.2) is 29.6 Å². The van der Waals surface area contributed by atoms with Crippen molar-refractivity contribution in [2.75, 3.05) is 17.2 Å². The summed E-state index contributed by atoms with van der Waals surface area (Å²) >= 11 is 1.39. The van der Waals surface area contributed by atoms with Crippen molar-refractivity contribution in [3.05, 3.63) is 89.5 Å². The number of aryl methyl sites for hydroxylation is 1. The summed E-state index contributed by atoms with van der Waals surface area (Å²) in [4.78, 5) is 38.1. The average Bonchev–Trinajstić information content (AvgIpc) is 2.85. The van der Waals surface area contributed by atoms with Crippen molar-refractivity contribution in [1.82, 2.24) is 0 Å². The van der Waals surface area contributed by atoms with Crippen LogP contribution < -0.4 is 10.6 Å². The van der Waals surface area contributed by atoms with E-state index in [1.807, 2.05) is 57.2 Å². The number of hydrogen-bond donors (Lipinski definition) is 2. The molecule has 0 heterocycles. The number of ether oxygens (including phenoxy) is 1. The molecule has 3 rings (SSSR count). The van der Waals surface area contributed by atoms with Crippen LogP contribution in [0.15, 0.2) is 77.7 Å². The SMILES string of the molecule is CCCCOC(=O)c1ccc(NC(=O)C(C)Sc2cccc(NC(=O)c3ccc(C)cc3)c2)cc1. The number of hydrogen-bond acceptors (Lipinski definition) is 5. The molecular weight excluding hydrogens is 460 g/mol. The molecule has 35 heavy (non-hydrogen) atoms. The second-order valence-corrected chi connectivity index (χ2v) is 9.58. The summed E-state index contributed by atoms with van der Waals surface area (Å²) < 4.78 is 5.20. The van der Waals surface area contributed by atoms with Crippen LogP contribution in [0.1, 0.15) is 53.0 Å². The lowest BCUT2D eigenvalue weighted by Crippen LogP contribution is -2.22. The minimum atomic E-state index is -0.378. The molecule has 3 aromatic carbocycles. The third-order valence-corrected chi connectivity index (χ3v) is 6.30. The Kier molecular flexibility index (Phi) is 9.49. The molecule has 0 aliphatic heterocycles. The molecule has 0 aromatic heterocycles. The molecule has 0 radical (unpaired) electrons. The first-order valence-electron chi connectivity index (χ1n) is 11.6. The number of unbranched alkanes of at least 4 members (excludes halogenated alkanes) is 1. The fraction of sp³-hybridized carbons (Fsp3) is 0.250. The summed E-state index contributed by atoms with van der Waals surface area (Å²) in [6, 6.07) is 21.4. The second kappa shape index (κ2) is 12.8. The van der Waals surface area contributed by atoms with Gasteiger partial charge in [0.1, 0.15) is 0 Å². The van der Waals surface area contributed by atoms with Gasteiger partial charge in [-0.1, -0.05) is 37.1 Å². The van der Waals surface area contributed by atoms with Gasteiger partial charge in [0.15, 0.2) is 0 Å². The Morgan fingerprint density at radius 3 is 2.26 bits per heavy atom. The van der Waals surface area contributed by atoms with E-state index in [1.165, 1.54) is 11.8 Å². The van der Waals surface area contributed by atoms with Crippen molar-refractivity contribution in [2.24, 2.45) is 0 Å². The van der Waals surface area contributed by atoms with Gasteiger partial charge in [-0.25, -0.2) is 4.79 Å². The standard InChI is InChI=1S/C28H30N2O4S/c1-4-5-17-34-28(33)22-13-15-23(16-14-22)29-26(31)20(3)35-25-8-6-7-24(18-25)30-27(32)21-11-9-19(2)10-12-21/h6-16,18,20H,4-5,17H2,1-3H3,(H,29,31)(H,30,32). The number of carbonyl (C=O) groups is 3. The summed E-state index contributed by atoms with van der Waals surface area (Å²) in [5.41, 5.74) is 3.39. The number of anilines is 2. The Bertz CT molecular complexity index is 1160. The van der Waals surface area contributed by atoms with Gasteiger partial charge in [0, 0.05) is 21.8 Å². The lowest BCUT2D eigenvalue weighted by atomic mass is 10.1. The highest BCUT2D eigenvalue weighted by Crippen LogP contribution is 2.27. The number of rotatable bonds is 10. The van der Waals surface area contributed by atoms with E-state index in [0.717, 1.165) is 23.3 Å². The van der Waals surface area contributed by atoms with Crippen LogP contribution in [0, 0.1) is 6.92 Å². The van der Waals surface area contributed by atoms with Gasteiger partial charge < -0.3 is 15.4 Å². The molecule has 3 aromatic rings. The third kappa shape index (κ3) is 8.00. The van der Waals surface area contributed by atoms with Crippen molar-refractivity contribution < 1.29 is 19.1 Å². The van der Waals surface area contributed by atoms with E-state index in [9.17, 15) is 14.4 Å². The minimum absolute atomic E-state index is 0.164. The lowest BCUT2D eigenvalue weighted by Gasteiger charge is -2.13. The summed E-state index contributed by atoms with van der Waals surface area (Å²) in [5.74, 6) is -0.715. The molecule has 7 heteroatoms. The first-order valence-corrected chi connectivity index (χ1v) is 12.5. The normalized spacial score (nSPS) is 11.4. The van der Waals surface area contributed by atoms with Crippen LogP contribution in [-0.2, 0) is 9.53 Å². The number of thioether (sulfide) groups is 1. The molecule has 1 atom stereocenters. The van der Waals surface area contributed by atoms with E-state index in [1.54, 1.807) is 36.4 Å². The molecule has 0 fully saturated rings. The van der Waals surface area contributed by atoms with Gasteiger partial charge in [0.25, 0.3) is 5.91 Å². The predicted molar refractivity (Wildman–Crippen MR) is 141 cm³/mol. The Morgan fingerprint density at radius 1 is 0.886 bits per heavy atom. The van der Waals surface area contributed by atoms with Crippen LogP contribution in [0.5, 0.6) is 0 Å². The third-order valence-electron chi connectivity index (χ3n) is 5.21. The maximum atomic E-state index is 12.7. The van der Waals surface area contributed by atoms with Gasteiger partial charge in [0.2, 0.25) is 5.91 Å². The zero-order valence-corrected chi connectivity index (χ0v) is 21.0. The highest BCUT2D eigenvalue weighted by atomic mass is 32.2. The van der Waals surface area contributed by atoms with E-state index < -0.39 is 0 Å². The smallest absolute Gasteiger partial charge is 0.338 e. The molecule has 6 nitrogen and oxygen atoms in total. The second-order valence-electron chi connectivity index (χ2n) is 8.16. The quantitative estimate of drug-likeness (QED) is 0.197. The van der Waals surface area contributed by atoms with Gasteiger partial charge in [-0.3, -0.25) is 9.59 Å². The van der Waals surface area contributed by atoms with E-state index in [0.29, 0.717) is 29.1 Å². The van der Waals surface area contributed by atoms with Crippen molar-refractivity contribution in [2.45, 2.75) is 43.8 Å². The Hall–Kier alpha value is -3.58. The van der Waals surface area contributed by atoms with Crippen molar-refractivity contribution in [1.29, 1.82) is 0 Å². The van der Waals surface area contributed by atoms with E-state index in [-0.39, 0.29) is 23.0 Å². The molecular formula is C28H30N2O4S.